The lowest BCUT2D eigenvalue weighted by molar-refractivity contribution is -0.141. The van der Waals surface area contributed by atoms with Crippen molar-refractivity contribution in [3.8, 4) is 11.3 Å². The number of carbonyl (C=O) groups excluding carboxylic acids is 1. The molecule has 1 aliphatic rings. The van der Waals surface area contributed by atoms with Crippen molar-refractivity contribution in [2.24, 2.45) is 4.99 Å². The van der Waals surface area contributed by atoms with Gasteiger partial charge in [-0.05, 0) is 41.5 Å². The van der Waals surface area contributed by atoms with Gasteiger partial charge in [0.2, 0.25) is 0 Å². The van der Waals surface area contributed by atoms with Crippen LogP contribution in [0.2, 0.25) is 0 Å². The van der Waals surface area contributed by atoms with Crippen molar-refractivity contribution in [1.29, 1.82) is 0 Å². The average Bonchev–Trinajstić information content (AvgIpc) is 2.83. The van der Waals surface area contributed by atoms with Gasteiger partial charge in [0.15, 0.2) is 0 Å². The smallest absolute Gasteiger partial charge is 0.378 e. The minimum atomic E-state index is -4.52. The molecule has 1 aromatic carbocycles. The number of amides is 1. The molecule has 1 amide bonds. The van der Waals surface area contributed by atoms with Crippen LogP contribution in [0.25, 0.3) is 17.0 Å². The second-order valence-electron chi connectivity index (χ2n) is 6.99. The molecule has 0 saturated carbocycles. The minimum absolute atomic E-state index is 0.236. The SMILES string of the molecule is O=C(NCc1ccc(-c2ccnc(C(F)(F)F)c2)nc1)c1ccc(C2=CN=CCN2)cc1. The Bertz CT molecular complexity index is 1170. The number of rotatable bonds is 5. The van der Waals surface area contributed by atoms with Crippen molar-refractivity contribution in [2.75, 3.05) is 6.54 Å². The highest BCUT2D eigenvalue weighted by molar-refractivity contribution is 5.94. The van der Waals surface area contributed by atoms with E-state index in [1.807, 2.05) is 12.1 Å². The van der Waals surface area contributed by atoms with Crippen LogP contribution in [0.15, 0.2) is 72.1 Å². The van der Waals surface area contributed by atoms with Gasteiger partial charge >= 0.3 is 6.18 Å². The van der Waals surface area contributed by atoms with E-state index in [0.29, 0.717) is 23.4 Å². The lowest BCUT2D eigenvalue weighted by atomic mass is 10.1. The zero-order chi connectivity index (χ0) is 22.6. The van der Waals surface area contributed by atoms with E-state index in [9.17, 15) is 18.0 Å². The summed E-state index contributed by atoms with van der Waals surface area (Å²) >= 11 is 0. The Hall–Kier alpha value is -4.01. The van der Waals surface area contributed by atoms with Crippen LogP contribution in [-0.4, -0.2) is 28.6 Å². The number of benzene rings is 1. The predicted octanol–water partition coefficient (Wildman–Crippen LogP) is 4.06. The molecule has 0 spiro atoms. The summed E-state index contributed by atoms with van der Waals surface area (Å²) in [5.74, 6) is -0.242. The molecule has 162 valence electrons. The number of alkyl halides is 3. The zero-order valence-corrected chi connectivity index (χ0v) is 16.7. The Labute approximate surface area is 181 Å². The normalized spacial score (nSPS) is 13.3. The maximum atomic E-state index is 12.8. The lowest BCUT2D eigenvalue weighted by Crippen LogP contribution is -2.23. The molecule has 0 bridgehead atoms. The van der Waals surface area contributed by atoms with Crippen molar-refractivity contribution < 1.29 is 18.0 Å². The van der Waals surface area contributed by atoms with Crippen LogP contribution in [-0.2, 0) is 12.7 Å². The number of nitrogens with one attached hydrogen (secondary N) is 2. The van der Waals surface area contributed by atoms with Gasteiger partial charge < -0.3 is 10.6 Å². The first-order valence-corrected chi connectivity index (χ1v) is 9.73. The lowest BCUT2D eigenvalue weighted by Gasteiger charge is -2.12. The van der Waals surface area contributed by atoms with E-state index in [0.717, 1.165) is 29.1 Å². The largest absolute Gasteiger partial charge is 0.433 e. The molecule has 0 fully saturated rings. The molecule has 3 heterocycles. The fourth-order valence-electron chi connectivity index (χ4n) is 3.09. The van der Waals surface area contributed by atoms with Gasteiger partial charge in [-0.3, -0.25) is 19.8 Å². The standard InChI is InChI=1S/C23H18F3N5O/c24-23(25,26)21-11-18(7-8-29-21)19-6-1-15(12-30-19)13-31-22(32)17-4-2-16(3-5-17)20-14-27-9-10-28-20/h1-9,11-12,14,28H,10,13H2,(H,31,32). The first-order chi connectivity index (χ1) is 15.4. The molecule has 32 heavy (non-hydrogen) atoms. The van der Waals surface area contributed by atoms with Crippen LogP contribution in [0.1, 0.15) is 27.2 Å². The maximum absolute atomic E-state index is 12.8. The van der Waals surface area contributed by atoms with Gasteiger partial charge in [-0.1, -0.05) is 18.2 Å². The molecule has 1 aliphatic heterocycles. The summed E-state index contributed by atoms with van der Waals surface area (Å²) in [6, 6.07) is 12.9. The highest BCUT2D eigenvalue weighted by Crippen LogP contribution is 2.29. The van der Waals surface area contributed by atoms with Gasteiger partial charge in [-0.2, -0.15) is 13.2 Å². The predicted molar refractivity (Wildman–Crippen MR) is 115 cm³/mol. The van der Waals surface area contributed by atoms with E-state index in [1.54, 1.807) is 36.7 Å². The maximum Gasteiger partial charge on any atom is 0.433 e. The summed E-state index contributed by atoms with van der Waals surface area (Å²) in [5.41, 5.74) is 2.79. The quantitative estimate of drug-likeness (QED) is 0.631. The Morgan fingerprint density at radius 1 is 1.03 bits per heavy atom. The Kier molecular flexibility index (Phi) is 5.98. The average molecular weight is 437 g/mol. The highest BCUT2D eigenvalue weighted by Gasteiger charge is 2.32. The number of pyridine rings is 2. The summed E-state index contributed by atoms with van der Waals surface area (Å²) < 4.78 is 38.5. The van der Waals surface area contributed by atoms with Crippen LogP contribution in [0.5, 0.6) is 0 Å². The minimum Gasteiger partial charge on any atom is -0.378 e. The van der Waals surface area contributed by atoms with Gasteiger partial charge in [0.1, 0.15) is 5.69 Å². The fourth-order valence-corrected chi connectivity index (χ4v) is 3.09. The Morgan fingerprint density at radius 2 is 1.84 bits per heavy atom. The summed E-state index contributed by atoms with van der Waals surface area (Å²) in [7, 11) is 0. The van der Waals surface area contributed by atoms with Gasteiger partial charge in [-0.15, -0.1) is 0 Å². The van der Waals surface area contributed by atoms with Gasteiger partial charge in [0.25, 0.3) is 5.91 Å². The van der Waals surface area contributed by atoms with E-state index < -0.39 is 11.9 Å². The molecular weight excluding hydrogens is 419 g/mol. The highest BCUT2D eigenvalue weighted by atomic mass is 19.4. The van der Waals surface area contributed by atoms with Crippen LogP contribution in [0.3, 0.4) is 0 Å². The third-order valence-electron chi connectivity index (χ3n) is 4.77. The van der Waals surface area contributed by atoms with Crippen molar-refractivity contribution in [3.63, 3.8) is 0 Å². The van der Waals surface area contributed by atoms with E-state index in [2.05, 4.69) is 25.6 Å². The first-order valence-electron chi connectivity index (χ1n) is 9.73. The Morgan fingerprint density at radius 3 is 2.50 bits per heavy atom. The molecule has 2 N–H and O–H groups in total. The summed E-state index contributed by atoms with van der Waals surface area (Å²) in [6.07, 6.45) is 1.60. The van der Waals surface area contributed by atoms with Crippen molar-refractivity contribution in [1.82, 2.24) is 20.6 Å². The number of aliphatic imine (C=N–C) groups is 1. The van der Waals surface area contributed by atoms with E-state index in [-0.39, 0.29) is 12.5 Å². The molecule has 0 radical (unpaired) electrons. The van der Waals surface area contributed by atoms with Gasteiger partial charge in [0, 0.05) is 36.3 Å². The number of hydrogen-bond acceptors (Lipinski definition) is 5. The monoisotopic (exact) mass is 437 g/mol. The fraction of sp³-hybridized carbons (Fsp3) is 0.130. The molecule has 3 aromatic rings. The second-order valence-corrected chi connectivity index (χ2v) is 6.99. The topological polar surface area (TPSA) is 79.3 Å². The van der Waals surface area contributed by atoms with Crippen LogP contribution in [0, 0.1) is 0 Å². The third kappa shape index (κ3) is 5.00. The molecule has 9 heteroatoms. The molecule has 0 saturated heterocycles. The Balaban J connectivity index is 1.37. The number of halogens is 3. The van der Waals surface area contributed by atoms with Gasteiger partial charge in [-0.25, -0.2) is 0 Å². The number of carbonyl (C=O) groups is 1. The number of hydrogen-bond donors (Lipinski definition) is 2. The second kappa shape index (κ2) is 9.01. The summed E-state index contributed by atoms with van der Waals surface area (Å²) in [4.78, 5) is 24.1. The van der Waals surface area contributed by atoms with Gasteiger partial charge in [0.05, 0.1) is 24.1 Å². The summed E-state index contributed by atoms with van der Waals surface area (Å²) in [5, 5.41) is 6.01. The molecule has 0 atom stereocenters. The van der Waals surface area contributed by atoms with Crippen LogP contribution < -0.4 is 10.6 Å². The molecule has 0 aliphatic carbocycles. The van der Waals surface area contributed by atoms with E-state index >= 15 is 0 Å². The number of nitrogens with zero attached hydrogens (tertiary/aromatic N) is 3. The third-order valence-corrected chi connectivity index (χ3v) is 4.77. The zero-order valence-electron chi connectivity index (χ0n) is 16.7. The summed E-state index contributed by atoms with van der Waals surface area (Å²) in [6.45, 7) is 0.894. The van der Waals surface area contributed by atoms with E-state index in [4.69, 9.17) is 0 Å². The van der Waals surface area contributed by atoms with Crippen molar-refractivity contribution >= 4 is 17.8 Å². The molecular formula is C23H18F3N5O. The van der Waals surface area contributed by atoms with Crippen LogP contribution >= 0.6 is 0 Å². The van der Waals surface area contributed by atoms with E-state index in [1.165, 1.54) is 12.3 Å². The molecule has 2 aromatic heterocycles. The molecule has 4 rings (SSSR count). The first kappa shape index (κ1) is 21.2. The molecule has 0 unspecified atom stereocenters. The van der Waals surface area contributed by atoms with Crippen molar-refractivity contribution in [3.05, 3.63) is 89.5 Å². The molecule has 6 nitrogen and oxygen atoms in total. The van der Waals surface area contributed by atoms with Crippen LogP contribution in [0.4, 0.5) is 13.2 Å². The number of aromatic nitrogens is 2. The van der Waals surface area contributed by atoms with Crippen molar-refractivity contribution in [2.45, 2.75) is 12.7 Å².